The van der Waals surface area contributed by atoms with E-state index in [1.165, 1.54) is 18.3 Å². The lowest BCUT2D eigenvalue weighted by atomic mass is 10.0. The summed E-state index contributed by atoms with van der Waals surface area (Å²) < 4.78 is 26.6. The van der Waals surface area contributed by atoms with Crippen LogP contribution in [-0.4, -0.2) is 33.9 Å². The van der Waals surface area contributed by atoms with Gasteiger partial charge in [0.1, 0.15) is 11.6 Å². The Hall–Kier alpha value is -1.93. The van der Waals surface area contributed by atoms with Gasteiger partial charge in [-0.3, -0.25) is 14.7 Å². The summed E-state index contributed by atoms with van der Waals surface area (Å²) >= 11 is 1.46. The summed E-state index contributed by atoms with van der Waals surface area (Å²) in [5.74, 6) is -1.05. The maximum Gasteiger partial charge on any atom is 0.223 e. The maximum absolute atomic E-state index is 13.7. The highest BCUT2D eigenvalue weighted by Gasteiger charge is 2.24. The van der Waals surface area contributed by atoms with E-state index in [0.29, 0.717) is 23.2 Å². The molecule has 3 rings (SSSR count). The fourth-order valence-electron chi connectivity index (χ4n) is 2.90. The Kier molecular flexibility index (Phi) is 5.15. The lowest BCUT2D eigenvalue weighted by molar-refractivity contribution is -0.114. The molecule has 1 aliphatic rings. The van der Waals surface area contributed by atoms with Crippen molar-refractivity contribution in [2.45, 2.75) is 26.3 Å². The van der Waals surface area contributed by atoms with Gasteiger partial charge in [-0.05, 0) is 25.3 Å². The molecule has 128 valence electrons. The minimum atomic E-state index is -0.649. The largest absolute Gasteiger partial charge is 0.302 e. The fraction of sp³-hybridized carbons (Fsp3) is 0.438. The third-order valence-corrected chi connectivity index (χ3v) is 4.85. The van der Waals surface area contributed by atoms with Gasteiger partial charge in [0.05, 0.1) is 11.9 Å². The van der Waals surface area contributed by atoms with Crippen LogP contribution in [0.25, 0.3) is 0 Å². The van der Waals surface area contributed by atoms with E-state index >= 15 is 0 Å². The molecule has 1 amide bonds. The second-order valence-corrected chi connectivity index (χ2v) is 7.10. The number of carbonyl (C=O) groups is 1. The predicted molar refractivity (Wildman–Crippen MR) is 87.7 cm³/mol. The molecule has 24 heavy (non-hydrogen) atoms. The number of amides is 1. The number of halogens is 2. The minimum Gasteiger partial charge on any atom is -0.302 e. The molecule has 0 saturated carbocycles. The smallest absolute Gasteiger partial charge is 0.223 e. The van der Waals surface area contributed by atoms with Gasteiger partial charge in [-0.15, -0.1) is 11.3 Å². The maximum atomic E-state index is 13.7. The molecule has 1 fully saturated rings. The van der Waals surface area contributed by atoms with Crippen LogP contribution in [0.2, 0.25) is 0 Å². The van der Waals surface area contributed by atoms with E-state index in [1.54, 1.807) is 6.20 Å². The quantitative estimate of drug-likeness (QED) is 0.899. The van der Waals surface area contributed by atoms with Gasteiger partial charge >= 0.3 is 0 Å². The van der Waals surface area contributed by atoms with E-state index in [4.69, 9.17) is 0 Å². The Bertz CT molecular complexity index is 737. The van der Waals surface area contributed by atoms with E-state index in [1.807, 2.05) is 0 Å². The van der Waals surface area contributed by atoms with E-state index in [-0.39, 0.29) is 5.91 Å². The van der Waals surface area contributed by atoms with Crippen LogP contribution in [-0.2, 0) is 17.8 Å². The van der Waals surface area contributed by atoms with Gasteiger partial charge in [0, 0.05) is 37.2 Å². The lowest BCUT2D eigenvalue weighted by Gasteiger charge is -2.14. The normalized spacial score (nSPS) is 18.0. The van der Waals surface area contributed by atoms with Crippen LogP contribution in [0.15, 0.2) is 18.5 Å². The molecular weight excluding hydrogens is 334 g/mol. The first kappa shape index (κ1) is 16.9. The summed E-state index contributed by atoms with van der Waals surface area (Å²) in [5.41, 5.74) is 0.328. The van der Waals surface area contributed by atoms with Crippen LogP contribution >= 0.6 is 11.3 Å². The van der Waals surface area contributed by atoms with Gasteiger partial charge in [0.15, 0.2) is 5.13 Å². The Morgan fingerprint density at radius 2 is 2.25 bits per heavy atom. The first-order valence-electron chi connectivity index (χ1n) is 7.74. The number of thiazole rings is 1. The molecule has 2 aromatic rings. The van der Waals surface area contributed by atoms with Gasteiger partial charge in [-0.1, -0.05) is 0 Å². The van der Waals surface area contributed by atoms with Crippen molar-refractivity contribution in [2.75, 3.05) is 18.4 Å². The summed E-state index contributed by atoms with van der Waals surface area (Å²) in [5, 5.41) is 3.27. The van der Waals surface area contributed by atoms with Gasteiger partial charge in [-0.2, -0.15) is 0 Å². The van der Waals surface area contributed by atoms with Crippen LogP contribution in [0.5, 0.6) is 0 Å². The van der Waals surface area contributed by atoms with Crippen molar-refractivity contribution in [3.8, 4) is 0 Å². The lowest BCUT2D eigenvalue weighted by Crippen LogP contribution is -2.20. The molecular formula is C16H18F2N4OS. The van der Waals surface area contributed by atoms with Crippen molar-refractivity contribution < 1.29 is 13.6 Å². The standard InChI is InChI=1S/C16H18F2N4OS/c1-10(23)21-16-20-7-13(24-16)9-22-3-2-11(8-22)4-15-14(18)5-12(17)6-19-15/h5-7,11H,2-4,8-9H2,1H3,(H,20,21,23). The molecule has 0 bridgehead atoms. The van der Waals surface area contributed by atoms with Crippen molar-refractivity contribution >= 4 is 22.4 Å². The molecule has 1 atom stereocenters. The first-order chi connectivity index (χ1) is 11.5. The predicted octanol–water partition coefficient (Wildman–Crippen LogP) is 2.84. The molecule has 8 heteroatoms. The zero-order chi connectivity index (χ0) is 17.1. The zero-order valence-corrected chi connectivity index (χ0v) is 14.1. The highest BCUT2D eigenvalue weighted by atomic mass is 32.1. The van der Waals surface area contributed by atoms with E-state index in [2.05, 4.69) is 20.2 Å². The van der Waals surface area contributed by atoms with E-state index in [0.717, 1.165) is 43.2 Å². The molecule has 0 aromatic carbocycles. The summed E-state index contributed by atoms with van der Waals surface area (Å²) in [6, 6.07) is 0.885. The van der Waals surface area contributed by atoms with Crippen LogP contribution in [0, 0.1) is 17.6 Å². The molecule has 5 nitrogen and oxygen atoms in total. The average molecular weight is 352 g/mol. The number of pyridine rings is 1. The van der Waals surface area contributed by atoms with Gasteiger partial charge in [-0.25, -0.2) is 13.8 Å². The van der Waals surface area contributed by atoms with Gasteiger partial charge < -0.3 is 5.32 Å². The summed E-state index contributed by atoms with van der Waals surface area (Å²) in [6.45, 7) is 3.97. The van der Waals surface area contributed by atoms with Crippen LogP contribution in [0.4, 0.5) is 13.9 Å². The number of hydrogen-bond acceptors (Lipinski definition) is 5. The van der Waals surface area contributed by atoms with Crippen LogP contribution in [0.3, 0.4) is 0 Å². The van der Waals surface area contributed by atoms with Crippen molar-refractivity contribution in [2.24, 2.45) is 5.92 Å². The Morgan fingerprint density at radius 1 is 1.42 bits per heavy atom. The summed E-state index contributed by atoms with van der Waals surface area (Å²) in [6.07, 6.45) is 4.30. The molecule has 2 aromatic heterocycles. The Balaban J connectivity index is 1.53. The number of rotatable bonds is 5. The van der Waals surface area contributed by atoms with Gasteiger partial charge in [0.25, 0.3) is 0 Å². The second-order valence-electron chi connectivity index (χ2n) is 5.99. The molecule has 0 spiro atoms. The topological polar surface area (TPSA) is 58.1 Å². The fourth-order valence-corrected chi connectivity index (χ4v) is 3.80. The highest BCUT2D eigenvalue weighted by molar-refractivity contribution is 7.15. The number of aromatic nitrogens is 2. The molecule has 1 N–H and O–H groups in total. The van der Waals surface area contributed by atoms with Crippen molar-refractivity contribution in [1.29, 1.82) is 0 Å². The number of nitrogens with zero attached hydrogens (tertiary/aromatic N) is 3. The number of likely N-dealkylation sites (tertiary alicyclic amines) is 1. The number of anilines is 1. The molecule has 0 radical (unpaired) electrons. The average Bonchev–Trinajstić information content (AvgIpc) is 3.12. The van der Waals surface area contributed by atoms with E-state index < -0.39 is 11.6 Å². The number of hydrogen-bond donors (Lipinski definition) is 1. The monoisotopic (exact) mass is 352 g/mol. The Morgan fingerprint density at radius 3 is 3.00 bits per heavy atom. The summed E-state index contributed by atoms with van der Waals surface area (Å²) in [7, 11) is 0. The SMILES string of the molecule is CC(=O)Nc1ncc(CN2CCC(Cc3ncc(F)cc3F)C2)s1. The van der Waals surface area contributed by atoms with E-state index in [9.17, 15) is 13.6 Å². The Labute approximate surface area is 142 Å². The summed E-state index contributed by atoms with van der Waals surface area (Å²) in [4.78, 5) is 22.4. The molecule has 1 aliphatic heterocycles. The molecule has 1 saturated heterocycles. The molecule has 1 unspecified atom stereocenters. The van der Waals surface area contributed by atoms with Crippen LogP contribution in [0.1, 0.15) is 23.9 Å². The third kappa shape index (κ3) is 4.33. The number of nitrogens with one attached hydrogen (secondary N) is 1. The van der Waals surface area contributed by atoms with Crippen molar-refractivity contribution in [3.05, 3.63) is 40.7 Å². The van der Waals surface area contributed by atoms with Gasteiger partial charge in [0.2, 0.25) is 5.91 Å². The van der Waals surface area contributed by atoms with Crippen LogP contribution < -0.4 is 5.32 Å². The third-order valence-electron chi connectivity index (χ3n) is 3.95. The van der Waals surface area contributed by atoms with Crippen molar-refractivity contribution in [3.63, 3.8) is 0 Å². The van der Waals surface area contributed by atoms with Crippen molar-refractivity contribution in [1.82, 2.24) is 14.9 Å². The second kappa shape index (κ2) is 7.31. The first-order valence-corrected chi connectivity index (χ1v) is 8.56. The molecule has 3 heterocycles. The highest BCUT2D eigenvalue weighted by Crippen LogP contribution is 2.25. The zero-order valence-electron chi connectivity index (χ0n) is 13.3. The minimum absolute atomic E-state index is 0.133. The molecule has 0 aliphatic carbocycles. The number of carbonyl (C=O) groups excluding carboxylic acids is 1.